The molecule has 2 aromatic rings. The highest BCUT2D eigenvalue weighted by molar-refractivity contribution is 5.30. The predicted molar refractivity (Wildman–Crippen MR) is 60.5 cm³/mol. The van der Waals surface area contributed by atoms with Crippen molar-refractivity contribution in [3.63, 3.8) is 0 Å². The van der Waals surface area contributed by atoms with Crippen molar-refractivity contribution in [2.24, 2.45) is 0 Å². The lowest BCUT2D eigenvalue weighted by Crippen LogP contribution is -2.05. The first kappa shape index (κ1) is 12.4. The molecule has 5 heteroatoms. The Kier molecular flexibility index (Phi) is 3.23. The van der Waals surface area contributed by atoms with E-state index in [0.717, 1.165) is 17.8 Å². The van der Waals surface area contributed by atoms with Gasteiger partial charge in [0.2, 0.25) is 5.88 Å². The third-order valence-electron chi connectivity index (χ3n) is 2.31. The number of hydrogen-bond acceptors (Lipinski definition) is 2. The number of aromatic nitrogens is 1. The van der Waals surface area contributed by atoms with Gasteiger partial charge >= 0.3 is 6.18 Å². The minimum Gasteiger partial charge on any atom is -0.439 e. The molecule has 0 spiro atoms. The quantitative estimate of drug-likeness (QED) is 0.800. The van der Waals surface area contributed by atoms with E-state index in [1.807, 2.05) is 19.1 Å². The van der Waals surface area contributed by atoms with Crippen LogP contribution in [0.3, 0.4) is 0 Å². The number of pyridine rings is 1. The van der Waals surface area contributed by atoms with Crippen LogP contribution < -0.4 is 4.74 Å². The smallest absolute Gasteiger partial charge is 0.417 e. The molecule has 94 valence electrons. The van der Waals surface area contributed by atoms with Crippen LogP contribution in [0.5, 0.6) is 11.6 Å². The summed E-state index contributed by atoms with van der Waals surface area (Å²) in [6.45, 7) is 1.93. The molecule has 0 fully saturated rings. The van der Waals surface area contributed by atoms with Crippen LogP contribution in [0.1, 0.15) is 11.1 Å². The molecule has 0 unspecified atom stereocenters. The van der Waals surface area contributed by atoms with E-state index in [4.69, 9.17) is 4.74 Å². The lowest BCUT2D eigenvalue weighted by atomic mass is 10.2. The largest absolute Gasteiger partial charge is 0.439 e. The Hall–Kier alpha value is -2.04. The third-order valence-corrected chi connectivity index (χ3v) is 2.31. The first-order chi connectivity index (χ1) is 8.45. The molecule has 0 amide bonds. The number of benzene rings is 1. The van der Waals surface area contributed by atoms with Crippen LogP contribution in [0.25, 0.3) is 0 Å². The van der Waals surface area contributed by atoms with Gasteiger partial charge in [0.25, 0.3) is 0 Å². The Morgan fingerprint density at radius 3 is 2.17 bits per heavy atom. The molecule has 1 aromatic carbocycles. The molecule has 0 aliphatic rings. The number of aryl methyl sites for hydroxylation is 1. The monoisotopic (exact) mass is 253 g/mol. The van der Waals surface area contributed by atoms with Gasteiger partial charge in [-0.05, 0) is 25.1 Å². The number of hydrogen-bond donors (Lipinski definition) is 0. The normalized spacial score (nSPS) is 11.3. The van der Waals surface area contributed by atoms with Crippen LogP contribution in [-0.4, -0.2) is 4.98 Å². The van der Waals surface area contributed by atoms with Gasteiger partial charge in [-0.1, -0.05) is 17.7 Å². The summed E-state index contributed by atoms with van der Waals surface area (Å²) < 4.78 is 42.3. The molecule has 1 aromatic heterocycles. The van der Waals surface area contributed by atoms with Gasteiger partial charge in [-0.15, -0.1) is 0 Å². The summed E-state index contributed by atoms with van der Waals surface area (Å²) in [5, 5.41) is 0. The number of halogens is 3. The molecule has 2 nitrogen and oxygen atoms in total. The van der Waals surface area contributed by atoms with Gasteiger partial charge in [0.15, 0.2) is 0 Å². The highest BCUT2D eigenvalue weighted by atomic mass is 19.4. The number of ether oxygens (including phenoxy) is 1. The van der Waals surface area contributed by atoms with E-state index in [2.05, 4.69) is 4.98 Å². The summed E-state index contributed by atoms with van der Waals surface area (Å²) in [5.41, 5.74) is 0.279. The van der Waals surface area contributed by atoms with E-state index in [-0.39, 0.29) is 5.88 Å². The molecule has 2 rings (SSSR count). The van der Waals surface area contributed by atoms with Crippen molar-refractivity contribution in [1.82, 2.24) is 4.98 Å². The molecule has 0 atom stereocenters. The SMILES string of the molecule is Cc1ccc(Oc2ccc(C(F)(F)F)cn2)cc1. The van der Waals surface area contributed by atoms with E-state index in [9.17, 15) is 13.2 Å². The fourth-order valence-electron chi connectivity index (χ4n) is 1.34. The summed E-state index contributed by atoms with van der Waals surface area (Å²) in [7, 11) is 0. The Balaban J connectivity index is 2.13. The summed E-state index contributed by atoms with van der Waals surface area (Å²) >= 11 is 0. The second-order valence-corrected chi connectivity index (χ2v) is 3.80. The minimum absolute atomic E-state index is 0.131. The predicted octanol–water partition coefficient (Wildman–Crippen LogP) is 4.20. The van der Waals surface area contributed by atoms with Gasteiger partial charge < -0.3 is 4.74 Å². The van der Waals surface area contributed by atoms with E-state index in [1.54, 1.807) is 12.1 Å². The first-order valence-electron chi connectivity index (χ1n) is 5.23. The van der Waals surface area contributed by atoms with Crippen molar-refractivity contribution in [3.8, 4) is 11.6 Å². The van der Waals surface area contributed by atoms with E-state index < -0.39 is 11.7 Å². The molecular weight excluding hydrogens is 243 g/mol. The van der Waals surface area contributed by atoms with Gasteiger partial charge in [-0.25, -0.2) is 4.98 Å². The Bertz CT molecular complexity index is 517. The topological polar surface area (TPSA) is 22.1 Å². The van der Waals surface area contributed by atoms with Crippen molar-refractivity contribution in [1.29, 1.82) is 0 Å². The lowest BCUT2D eigenvalue weighted by Gasteiger charge is -2.08. The minimum atomic E-state index is -4.38. The summed E-state index contributed by atoms with van der Waals surface area (Å²) in [4.78, 5) is 3.62. The molecule has 0 N–H and O–H groups in total. The van der Waals surface area contributed by atoms with Gasteiger partial charge in [-0.2, -0.15) is 13.2 Å². The van der Waals surface area contributed by atoms with Crippen molar-refractivity contribution in [2.75, 3.05) is 0 Å². The molecule has 1 heterocycles. The second kappa shape index (κ2) is 4.68. The number of nitrogens with zero attached hydrogens (tertiary/aromatic N) is 1. The Labute approximate surface area is 102 Å². The first-order valence-corrected chi connectivity index (χ1v) is 5.23. The van der Waals surface area contributed by atoms with Crippen LogP contribution in [0.15, 0.2) is 42.6 Å². The maximum Gasteiger partial charge on any atom is 0.417 e. The second-order valence-electron chi connectivity index (χ2n) is 3.80. The molecule has 0 bridgehead atoms. The maximum absolute atomic E-state index is 12.3. The molecule has 0 aliphatic carbocycles. The Morgan fingerprint density at radius 1 is 1.00 bits per heavy atom. The molecule has 0 radical (unpaired) electrons. The molecule has 0 aliphatic heterocycles. The van der Waals surface area contributed by atoms with Crippen LogP contribution in [-0.2, 0) is 6.18 Å². The maximum atomic E-state index is 12.3. The van der Waals surface area contributed by atoms with Gasteiger partial charge in [0.1, 0.15) is 5.75 Å². The van der Waals surface area contributed by atoms with Crippen molar-refractivity contribution < 1.29 is 17.9 Å². The van der Waals surface area contributed by atoms with Gasteiger partial charge in [-0.3, -0.25) is 0 Å². The molecular formula is C13H10F3NO. The molecule has 18 heavy (non-hydrogen) atoms. The third kappa shape index (κ3) is 3.00. The standard InChI is InChI=1S/C13H10F3NO/c1-9-2-5-11(6-3-9)18-12-7-4-10(8-17-12)13(14,15)16/h2-8H,1H3. The highest BCUT2D eigenvalue weighted by Gasteiger charge is 2.30. The van der Waals surface area contributed by atoms with Crippen LogP contribution >= 0.6 is 0 Å². The summed E-state index contributed by atoms with van der Waals surface area (Å²) in [6, 6.07) is 9.29. The number of alkyl halides is 3. The van der Waals surface area contributed by atoms with Crippen molar-refractivity contribution in [3.05, 3.63) is 53.7 Å². The zero-order chi connectivity index (χ0) is 13.2. The lowest BCUT2D eigenvalue weighted by molar-refractivity contribution is -0.137. The fourth-order valence-corrected chi connectivity index (χ4v) is 1.34. The highest BCUT2D eigenvalue weighted by Crippen LogP contribution is 2.29. The van der Waals surface area contributed by atoms with Crippen molar-refractivity contribution in [2.45, 2.75) is 13.1 Å². The van der Waals surface area contributed by atoms with Gasteiger partial charge in [0.05, 0.1) is 5.56 Å². The van der Waals surface area contributed by atoms with Gasteiger partial charge in [0, 0.05) is 12.3 Å². The van der Waals surface area contributed by atoms with E-state index in [0.29, 0.717) is 5.75 Å². The summed E-state index contributed by atoms with van der Waals surface area (Å²) in [5.74, 6) is 0.666. The molecule has 0 saturated heterocycles. The van der Waals surface area contributed by atoms with Crippen LogP contribution in [0.4, 0.5) is 13.2 Å². The zero-order valence-electron chi connectivity index (χ0n) is 9.53. The fraction of sp³-hybridized carbons (Fsp3) is 0.154. The Morgan fingerprint density at radius 2 is 1.67 bits per heavy atom. The average molecular weight is 253 g/mol. The van der Waals surface area contributed by atoms with Crippen LogP contribution in [0, 0.1) is 6.92 Å². The van der Waals surface area contributed by atoms with Crippen LogP contribution in [0.2, 0.25) is 0 Å². The van der Waals surface area contributed by atoms with E-state index in [1.165, 1.54) is 6.07 Å². The van der Waals surface area contributed by atoms with E-state index >= 15 is 0 Å². The molecule has 0 saturated carbocycles. The van der Waals surface area contributed by atoms with Crippen molar-refractivity contribution >= 4 is 0 Å². The zero-order valence-corrected chi connectivity index (χ0v) is 9.53. The summed E-state index contributed by atoms with van der Waals surface area (Å²) in [6.07, 6.45) is -3.63. The average Bonchev–Trinajstić information content (AvgIpc) is 2.32. The number of rotatable bonds is 2.